The highest BCUT2D eigenvalue weighted by Crippen LogP contribution is 2.33. The summed E-state index contributed by atoms with van der Waals surface area (Å²) >= 11 is 0. The number of fused-ring (bicyclic) bond motifs is 1. The van der Waals surface area contributed by atoms with Crippen molar-refractivity contribution < 1.29 is 9.59 Å². The van der Waals surface area contributed by atoms with Crippen LogP contribution in [-0.4, -0.2) is 38.1 Å². The number of anilines is 3. The van der Waals surface area contributed by atoms with Gasteiger partial charge < -0.3 is 16.4 Å². The Balaban J connectivity index is 1.59. The third kappa shape index (κ3) is 4.96. The predicted molar refractivity (Wildman–Crippen MR) is 132 cm³/mol. The molecule has 0 aliphatic rings. The van der Waals surface area contributed by atoms with Crippen molar-refractivity contribution in [3.8, 4) is 11.1 Å². The number of benzene rings is 1. The molecule has 0 saturated carbocycles. The second kappa shape index (κ2) is 9.99. The van der Waals surface area contributed by atoms with Crippen LogP contribution in [0.3, 0.4) is 0 Å². The number of amides is 3. The molecule has 1 aromatic carbocycles. The number of rotatable bonds is 7. The van der Waals surface area contributed by atoms with Crippen LogP contribution in [0.2, 0.25) is 0 Å². The van der Waals surface area contributed by atoms with Gasteiger partial charge in [-0.15, -0.1) is 0 Å². The lowest BCUT2D eigenvalue weighted by molar-refractivity contribution is 0.0954. The molecule has 0 atom stereocenters. The monoisotopic (exact) mass is 458 g/mol. The Morgan fingerprint density at radius 3 is 2.62 bits per heavy atom. The molecule has 3 amide bonds. The first-order valence-corrected chi connectivity index (χ1v) is 11.0. The number of aryl methyl sites for hydroxylation is 1. The highest BCUT2D eigenvalue weighted by Gasteiger charge is 2.21. The summed E-state index contributed by atoms with van der Waals surface area (Å²) in [5, 5.41) is 12.6. The molecular formula is C24H26N8O2. The van der Waals surface area contributed by atoms with Gasteiger partial charge in [0.05, 0.1) is 5.56 Å². The Kier molecular flexibility index (Phi) is 6.67. The number of unbranched alkanes of at least 4 members (excludes halogenated alkanes) is 1. The molecule has 0 aliphatic heterocycles. The normalized spacial score (nSPS) is 10.8. The molecule has 0 spiro atoms. The van der Waals surface area contributed by atoms with Crippen LogP contribution in [0.1, 0.15) is 35.8 Å². The average Bonchev–Trinajstić information content (AvgIpc) is 3.21. The van der Waals surface area contributed by atoms with E-state index < -0.39 is 6.03 Å². The summed E-state index contributed by atoms with van der Waals surface area (Å²) in [5.41, 5.74) is 9.90. The van der Waals surface area contributed by atoms with Gasteiger partial charge in [-0.2, -0.15) is 5.10 Å². The maximum atomic E-state index is 12.9. The average molecular weight is 459 g/mol. The van der Waals surface area contributed by atoms with Gasteiger partial charge in [0.15, 0.2) is 5.82 Å². The molecule has 10 nitrogen and oxygen atoms in total. The third-order valence-corrected chi connectivity index (χ3v) is 5.22. The number of hydrogen-bond donors (Lipinski definition) is 4. The van der Waals surface area contributed by atoms with E-state index in [0.717, 1.165) is 24.1 Å². The van der Waals surface area contributed by atoms with E-state index in [0.29, 0.717) is 34.7 Å². The van der Waals surface area contributed by atoms with Gasteiger partial charge in [0.2, 0.25) is 0 Å². The lowest BCUT2D eigenvalue weighted by Crippen LogP contribution is -2.24. The Bertz CT molecular complexity index is 1330. The van der Waals surface area contributed by atoms with E-state index in [-0.39, 0.29) is 11.7 Å². The van der Waals surface area contributed by atoms with Crippen LogP contribution >= 0.6 is 0 Å². The molecule has 34 heavy (non-hydrogen) atoms. The van der Waals surface area contributed by atoms with Crippen molar-refractivity contribution in [1.82, 2.24) is 24.9 Å². The van der Waals surface area contributed by atoms with Gasteiger partial charge in [0.25, 0.3) is 5.91 Å². The summed E-state index contributed by atoms with van der Waals surface area (Å²) in [5.74, 6) is 0.522. The van der Waals surface area contributed by atoms with Crippen LogP contribution in [0.15, 0.2) is 55.0 Å². The number of nitrogens with one attached hydrogen (secondary N) is 3. The van der Waals surface area contributed by atoms with Crippen molar-refractivity contribution in [3.63, 3.8) is 0 Å². The molecule has 3 aromatic heterocycles. The van der Waals surface area contributed by atoms with Crippen molar-refractivity contribution in [2.24, 2.45) is 0 Å². The molecule has 5 N–H and O–H groups in total. The number of urea groups is 1. The zero-order valence-electron chi connectivity index (χ0n) is 19.0. The minimum atomic E-state index is -0.409. The molecule has 4 aromatic rings. The van der Waals surface area contributed by atoms with E-state index in [1.54, 1.807) is 28.9 Å². The summed E-state index contributed by atoms with van der Waals surface area (Å²) in [6.07, 6.45) is 4.86. The van der Waals surface area contributed by atoms with Gasteiger partial charge in [-0.1, -0.05) is 31.5 Å². The van der Waals surface area contributed by atoms with Crippen LogP contribution in [0.4, 0.5) is 22.1 Å². The van der Waals surface area contributed by atoms with Crippen molar-refractivity contribution in [3.05, 3.63) is 66.2 Å². The molecule has 0 radical (unpaired) electrons. The van der Waals surface area contributed by atoms with Crippen molar-refractivity contribution in [2.45, 2.75) is 26.7 Å². The number of carbonyl (C=O) groups is 2. The van der Waals surface area contributed by atoms with E-state index in [1.807, 2.05) is 31.2 Å². The summed E-state index contributed by atoms with van der Waals surface area (Å²) in [6, 6.07) is 12.1. The highest BCUT2D eigenvalue weighted by atomic mass is 16.2. The molecular weight excluding hydrogens is 432 g/mol. The molecule has 0 saturated heterocycles. The first kappa shape index (κ1) is 22.7. The number of nitrogen functional groups attached to an aromatic ring is 1. The fraction of sp³-hybridized carbons (Fsp3) is 0.208. The second-order valence-corrected chi connectivity index (χ2v) is 7.79. The summed E-state index contributed by atoms with van der Waals surface area (Å²) < 4.78 is 1.56. The molecule has 0 bridgehead atoms. The first-order chi connectivity index (χ1) is 16.5. The number of carbonyl (C=O) groups excluding carboxylic acids is 2. The Morgan fingerprint density at radius 1 is 1.09 bits per heavy atom. The largest absolute Gasteiger partial charge is 0.382 e. The standard InChI is InChI=1S/C24H26N8O2/c1-3-4-12-26-23(33)18-13-32-21(22(25)27-14-28-32)20(18)16-8-10-17(11-9-16)30-24(34)31-19-7-5-6-15(2)29-19/h5-11,13-14H,3-4,12H2,1-2H3,(H,26,33)(H2,25,27,28)(H2,29,30,31,34). The van der Waals surface area contributed by atoms with Gasteiger partial charge in [0, 0.05) is 29.7 Å². The van der Waals surface area contributed by atoms with Crippen molar-refractivity contribution in [1.29, 1.82) is 0 Å². The van der Waals surface area contributed by atoms with Crippen LogP contribution in [0, 0.1) is 6.92 Å². The predicted octanol–water partition coefficient (Wildman–Crippen LogP) is 3.86. The maximum Gasteiger partial charge on any atom is 0.324 e. The smallest absolute Gasteiger partial charge is 0.324 e. The van der Waals surface area contributed by atoms with Crippen LogP contribution < -0.4 is 21.7 Å². The van der Waals surface area contributed by atoms with E-state index in [2.05, 4.69) is 37.9 Å². The van der Waals surface area contributed by atoms with Crippen molar-refractivity contribution >= 4 is 34.8 Å². The lowest BCUT2D eigenvalue weighted by atomic mass is 10.0. The first-order valence-electron chi connectivity index (χ1n) is 11.0. The molecule has 0 unspecified atom stereocenters. The zero-order chi connectivity index (χ0) is 24.1. The summed E-state index contributed by atoms with van der Waals surface area (Å²) in [4.78, 5) is 33.6. The fourth-order valence-corrected chi connectivity index (χ4v) is 3.58. The van der Waals surface area contributed by atoms with Gasteiger partial charge in [0.1, 0.15) is 17.7 Å². The Labute approximate surface area is 196 Å². The number of hydrogen-bond acceptors (Lipinski definition) is 6. The van der Waals surface area contributed by atoms with Gasteiger partial charge in [-0.25, -0.2) is 19.3 Å². The number of aromatic nitrogens is 4. The maximum absolute atomic E-state index is 12.9. The minimum Gasteiger partial charge on any atom is -0.382 e. The molecule has 3 heterocycles. The van der Waals surface area contributed by atoms with E-state index in [4.69, 9.17) is 5.73 Å². The van der Waals surface area contributed by atoms with Crippen LogP contribution in [0.5, 0.6) is 0 Å². The molecule has 0 fully saturated rings. The van der Waals surface area contributed by atoms with E-state index >= 15 is 0 Å². The number of nitrogens with zero attached hydrogens (tertiary/aromatic N) is 4. The number of nitrogens with two attached hydrogens (primary N) is 1. The fourth-order valence-electron chi connectivity index (χ4n) is 3.58. The summed E-state index contributed by atoms with van der Waals surface area (Å²) in [6.45, 7) is 4.49. The molecule has 4 rings (SSSR count). The zero-order valence-corrected chi connectivity index (χ0v) is 19.0. The number of pyridine rings is 1. The van der Waals surface area contributed by atoms with Gasteiger partial charge in [-0.3, -0.25) is 10.1 Å². The third-order valence-electron chi connectivity index (χ3n) is 5.22. The van der Waals surface area contributed by atoms with Gasteiger partial charge >= 0.3 is 6.03 Å². The van der Waals surface area contributed by atoms with Crippen molar-refractivity contribution in [2.75, 3.05) is 22.9 Å². The Hall–Kier alpha value is -4.47. The molecule has 10 heteroatoms. The lowest BCUT2D eigenvalue weighted by Gasteiger charge is -2.10. The van der Waals surface area contributed by atoms with E-state index in [9.17, 15) is 9.59 Å². The molecule has 174 valence electrons. The van der Waals surface area contributed by atoms with E-state index in [1.165, 1.54) is 6.33 Å². The summed E-state index contributed by atoms with van der Waals surface area (Å²) in [7, 11) is 0. The molecule has 0 aliphatic carbocycles. The van der Waals surface area contributed by atoms with Crippen LogP contribution in [-0.2, 0) is 0 Å². The highest BCUT2D eigenvalue weighted by molar-refractivity contribution is 6.07. The SMILES string of the molecule is CCCCNC(=O)c1cn2ncnc(N)c2c1-c1ccc(NC(=O)Nc2cccc(C)n2)cc1. The minimum absolute atomic E-state index is 0.208. The van der Waals surface area contributed by atoms with Gasteiger partial charge in [-0.05, 0) is 43.2 Å². The quantitative estimate of drug-likeness (QED) is 0.310. The Morgan fingerprint density at radius 2 is 1.88 bits per heavy atom. The topological polar surface area (TPSA) is 139 Å². The second-order valence-electron chi connectivity index (χ2n) is 7.79. The van der Waals surface area contributed by atoms with Crippen LogP contribution in [0.25, 0.3) is 16.6 Å².